The fourth-order valence-electron chi connectivity index (χ4n) is 2.76. The monoisotopic (exact) mass is 294 g/mol. The smallest absolute Gasteiger partial charge is 0.200 e. The van der Waals surface area contributed by atoms with Gasteiger partial charge in [-0.15, -0.1) is 0 Å². The van der Waals surface area contributed by atoms with Gasteiger partial charge in [0.1, 0.15) is 0 Å². The molecule has 0 unspecified atom stereocenters. The summed E-state index contributed by atoms with van der Waals surface area (Å²) in [5.74, 6) is -0.985. The minimum Gasteiger partial charge on any atom is -0.504 e. The van der Waals surface area contributed by atoms with E-state index in [1.54, 1.807) is 6.07 Å². The van der Waals surface area contributed by atoms with Crippen molar-refractivity contribution < 1.29 is 15.3 Å². The molecule has 1 aliphatic heterocycles. The van der Waals surface area contributed by atoms with Gasteiger partial charge in [0, 0.05) is 36.8 Å². The Morgan fingerprint density at radius 3 is 2.29 bits per heavy atom. The summed E-state index contributed by atoms with van der Waals surface area (Å²) in [5.41, 5.74) is 0.815. The van der Waals surface area contributed by atoms with Crippen LogP contribution in [0, 0.1) is 0 Å². The number of piperidine rings is 1. The first-order valence-electron chi connectivity index (χ1n) is 7.50. The Morgan fingerprint density at radius 2 is 1.71 bits per heavy atom. The van der Waals surface area contributed by atoms with Crippen LogP contribution in [-0.4, -0.2) is 44.9 Å². The molecule has 0 amide bonds. The Morgan fingerprint density at radius 1 is 1.10 bits per heavy atom. The van der Waals surface area contributed by atoms with E-state index in [0.717, 1.165) is 25.9 Å². The van der Waals surface area contributed by atoms with E-state index < -0.39 is 5.75 Å². The number of nitrogens with zero attached hydrogens (tertiary/aromatic N) is 1. The highest BCUT2D eigenvalue weighted by Crippen LogP contribution is 2.37. The van der Waals surface area contributed by atoms with Crippen LogP contribution in [0.5, 0.6) is 17.2 Å². The number of rotatable bonds is 3. The number of hydrogen-bond acceptors (Lipinski definition) is 5. The molecule has 118 valence electrons. The first-order valence-corrected chi connectivity index (χ1v) is 7.50. The highest BCUT2D eigenvalue weighted by atomic mass is 16.3. The predicted octanol–water partition coefficient (Wildman–Crippen LogP) is 2.16. The third-order valence-electron chi connectivity index (χ3n) is 4.24. The van der Waals surface area contributed by atoms with E-state index in [1.807, 2.05) is 0 Å². The Balaban J connectivity index is 1.87. The zero-order valence-corrected chi connectivity index (χ0v) is 13.1. The van der Waals surface area contributed by atoms with Gasteiger partial charge < -0.3 is 20.6 Å². The Labute approximate surface area is 126 Å². The zero-order valence-electron chi connectivity index (χ0n) is 13.1. The molecule has 0 spiro atoms. The van der Waals surface area contributed by atoms with E-state index in [4.69, 9.17) is 0 Å². The van der Waals surface area contributed by atoms with E-state index >= 15 is 0 Å². The van der Waals surface area contributed by atoms with Crippen LogP contribution in [0.25, 0.3) is 0 Å². The van der Waals surface area contributed by atoms with Crippen LogP contribution in [0.4, 0.5) is 0 Å². The molecule has 0 aromatic heterocycles. The molecule has 2 rings (SSSR count). The molecule has 4 N–H and O–H groups in total. The molecule has 0 bridgehead atoms. The van der Waals surface area contributed by atoms with Crippen LogP contribution in [0.15, 0.2) is 12.1 Å². The van der Waals surface area contributed by atoms with Crippen molar-refractivity contribution in [1.82, 2.24) is 10.2 Å². The van der Waals surface area contributed by atoms with Crippen LogP contribution >= 0.6 is 0 Å². The molecule has 5 nitrogen and oxygen atoms in total. The molecule has 0 atom stereocenters. The van der Waals surface area contributed by atoms with Crippen molar-refractivity contribution in [3.63, 3.8) is 0 Å². The zero-order chi connectivity index (χ0) is 15.6. The molecule has 0 aliphatic carbocycles. The topological polar surface area (TPSA) is 76.0 Å². The fraction of sp³-hybridized carbons (Fsp3) is 0.625. The summed E-state index contributed by atoms with van der Waals surface area (Å²) in [5, 5.41) is 32.0. The van der Waals surface area contributed by atoms with Gasteiger partial charge in [0.05, 0.1) is 0 Å². The van der Waals surface area contributed by atoms with Crippen molar-refractivity contribution in [2.24, 2.45) is 0 Å². The van der Waals surface area contributed by atoms with Crippen LogP contribution in [0.1, 0.15) is 39.2 Å². The quantitative estimate of drug-likeness (QED) is 0.643. The Hall–Kier alpha value is -1.46. The van der Waals surface area contributed by atoms with Gasteiger partial charge in [0.2, 0.25) is 5.75 Å². The van der Waals surface area contributed by atoms with Crippen molar-refractivity contribution in [3.8, 4) is 17.2 Å². The maximum Gasteiger partial charge on any atom is 0.200 e. The van der Waals surface area contributed by atoms with Gasteiger partial charge in [-0.05, 0) is 39.7 Å². The molecule has 21 heavy (non-hydrogen) atoms. The Kier molecular flexibility index (Phi) is 4.64. The number of hydrogen-bond donors (Lipinski definition) is 4. The molecular weight excluding hydrogens is 268 g/mol. The lowest BCUT2D eigenvalue weighted by Crippen LogP contribution is -2.49. The lowest BCUT2D eigenvalue weighted by atomic mass is 9.98. The van der Waals surface area contributed by atoms with E-state index in [-0.39, 0.29) is 17.0 Å². The predicted molar refractivity (Wildman–Crippen MR) is 82.6 cm³/mol. The minimum absolute atomic E-state index is 0.214. The first-order chi connectivity index (χ1) is 9.79. The average molecular weight is 294 g/mol. The van der Waals surface area contributed by atoms with Crippen molar-refractivity contribution in [3.05, 3.63) is 17.7 Å². The maximum absolute atomic E-state index is 9.80. The average Bonchev–Trinajstić information content (AvgIpc) is 2.43. The summed E-state index contributed by atoms with van der Waals surface area (Å²) in [6.45, 7) is 9.32. The number of phenols is 3. The summed E-state index contributed by atoms with van der Waals surface area (Å²) in [4.78, 5) is 2.48. The second-order valence-corrected chi connectivity index (χ2v) is 6.75. The third-order valence-corrected chi connectivity index (χ3v) is 4.24. The van der Waals surface area contributed by atoms with Crippen molar-refractivity contribution in [2.75, 3.05) is 13.1 Å². The first kappa shape index (κ1) is 15.9. The number of aromatic hydroxyl groups is 3. The van der Waals surface area contributed by atoms with Crippen molar-refractivity contribution in [1.29, 1.82) is 0 Å². The normalized spacial score (nSPS) is 18.0. The molecule has 1 saturated heterocycles. The van der Waals surface area contributed by atoms with Crippen LogP contribution < -0.4 is 5.32 Å². The van der Waals surface area contributed by atoms with Gasteiger partial charge in [-0.3, -0.25) is 4.90 Å². The van der Waals surface area contributed by atoms with Gasteiger partial charge in [0.25, 0.3) is 0 Å². The third kappa shape index (κ3) is 3.80. The molecule has 1 aromatic carbocycles. The van der Waals surface area contributed by atoms with E-state index in [1.165, 1.54) is 6.07 Å². The van der Waals surface area contributed by atoms with Crippen LogP contribution in [-0.2, 0) is 6.54 Å². The molecule has 1 heterocycles. The molecular formula is C16H26N2O3. The van der Waals surface area contributed by atoms with Crippen molar-refractivity contribution >= 4 is 0 Å². The molecule has 1 fully saturated rings. The largest absolute Gasteiger partial charge is 0.504 e. The van der Waals surface area contributed by atoms with Crippen LogP contribution in [0.3, 0.4) is 0 Å². The van der Waals surface area contributed by atoms with Gasteiger partial charge in [0.15, 0.2) is 11.5 Å². The summed E-state index contributed by atoms with van der Waals surface area (Å²) >= 11 is 0. The maximum atomic E-state index is 9.80. The van der Waals surface area contributed by atoms with E-state index in [2.05, 4.69) is 31.0 Å². The number of phenolic OH excluding ortho intramolecular Hbond substituents is 3. The number of nitrogens with one attached hydrogen (secondary N) is 1. The minimum atomic E-state index is -0.447. The second kappa shape index (κ2) is 6.12. The van der Waals surface area contributed by atoms with Crippen LogP contribution in [0.2, 0.25) is 0 Å². The summed E-state index contributed by atoms with van der Waals surface area (Å²) in [7, 11) is 0. The molecule has 0 radical (unpaired) electrons. The highest BCUT2D eigenvalue weighted by Gasteiger charge is 2.26. The van der Waals surface area contributed by atoms with E-state index in [9.17, 15) is 15.3 Å². The van der Waals surface area contributed by atoms with Crippen molar-refractivity contribution in [2.45, 2.75) is 51.7 Å². The number of likely N-dealkylation sites (tertiary alicyclic amines) is 1. The highest BCUT2D eigenvalue weighted by molar-refractivity contribution is 5.53. The second-order valence-electron chi connectivity index (χ2n) is 6.75. The van der Waals surface area contributed by atoms with Gasteiger partial charge in [-0.25, -0.2) is 0 Å². The standard InChI is InChI=1S/C16H26N2O3/c1-16(2,3)18-8-6-12(7-9-18)17-10-11-4-5-13(19)15(21)14(11)20/h4-5,12,17,19-21H,6-10H2,1-3H3. The van der Waals surface area contributed by atoms with Gasteiger partial charge >= 0.3 is 0 Å². The molecule has 0 saturated carbocycles. The molecule has 1 aliphatic rings. The fourth-order valence-corrected chi connectivity index (χ4v) is 2.76. The summed E-state index contributed by atoms with van der Waals surface area (Å²) < 4.78 is 0. The Bertz CT molecular complexity index is 489. The molecule has 1 aromatic rings. The lowest BCUT2D eigenvalue weighted by Gasteiger charge is -2.41. The number of benzene rings is 1. The molecule has 5 heteroatoms. The summed E-state index contributed by atoms with van der Waals surface area (Å²) in [6, 6.07) is 3.44. The summed E-state index contributed by atoms with van der Waals surface area (Å²) in [6.07, 6.45) is 2.14. The van der Waals surface area contributed by atoms with Gasteiger partial charge in [-0.2, -0.15) is 0 Å². The lowest BCUT2D eigenvalue weighted by molar-refractivity contribution is 0.0960. The van der Waals surface area contributed by atoms with E-state index in [0.29, 0.717) is 18.2 Å². The van der Waals surface area contributed by atoms with Gasteiger partial charge in [-0.1, -0.05) is 6.07 Å². The SMILES string of the molecule is CC(C)(C)N1CCC(NCc2ccc(O)c(O)c2O)CC1.